The summed E-state index contributed by atoms with van der Waals surface area (Å²) in [7, 11) is 0. The Morgan fingerprint density at radius 3 is 2.61 bits per heavy atom. The highest BCUT2D eigenvalue weighted by Gasteiger charge is 2.20. The van der Waals surface area contributed by atoms with Crippen molar-refractivity contribution >= 4 is 39.9 Å². The second-order valence-corrected chi connectivity index (χ2v) is 8.65. The minimum Gasteiger partial charge on any atom is -0.356 e. The van der Waals surface area contributed by atoms with E-state index in [1.165, 1.54) is 19.3 Å². The van der Waals surface area contributed by atoms with Crippen molar-refractivity contribution in [2.24, 2.45) is 11.7 Å². The highest BCUT2D eigenvalue weighted by molar-refractivity contribution is 6.35. The molecule has 0 bridgehead atoms. The number of nitrogens with zero attached hydrogens (tertiary/aromatic N) is 2. The van der Waals surface area contributed by atoms with Crippen LogP contribution in [0, 0.1) is 5.92 Å². The number of hydrogen-bond donors (Lipinski definition) is 2. The van der Waals surface area contributed by atoms with Gasteiger partial charge in [0.15, 0.2) is 0 Å². The summed E-state index contributed by atoms with van der Waals surface area (Å²) in [6.07, 6.45) is 8.63. The molecule has 1 aromatic carbocycles. The molecule has 1 amide bonds. The minimum atomic E-state index is 0.0513. The molecule has 28 heavy (non-hydrogen) atoms. The van der Waals surface area contributed by atoms with Crippen LogP contribution in [0.1, 0.15) is 51.4 Å². The minimum absolute atomic E-state index is 0.0513. The number of pyridine rings is 1. The molecule has 1 aromatic heterocycles. The van der Waals surface area contributed by atoms with E-state index >= 15 is 0 Å². The molecule has 1 aliphatic heterocycles. The van der Waals surface area contributed by atoms with Crippen molar-refractivity contribution in [2.75, 3.05) is 23.3 Å². The van der Waals surface area contributed by atoms with E-state index in [4.69, 9.17) is 22.3 Å². The van der Waals surface area contributed by atoms with E-state index in [1.54, 1.807) is 0 Å². The molecule has 4 rings (SSSR count). The number of hydrogen-bond acceptors (Lipinski definition) is 4. The number of aromatic nitrogens is 1. The molecule has 2 aromatic rings. The first-order valence-electron chi connectivity index (χ1n) is 10.5. The van der Waals surface area contributed by atoms with Crippen molar-refractivity contribution in [2.45, 2.75) is 57.4 Å². The normalized spacial score (nSPS) is 19.1. The summed E-state index contributed by atoms with van der Waals surface area (Å²) in [5, 5.41) is 4.51. The van der Waals surface area contributed by atoms with Crippen molar-refractivity contribution in [3.05, 3.63) is 29.3 Å². The monoisotopic (exact) mass is 400 g/mol. The van der Waals surface area contributed by atoms with Gasteiger partial charge in [0.05, 0.1) is 16.2 Å². The molecule has 150 valence electrons. The van der Waals surface area contributed by atoms with Crippen LogP contribution in [0.3, 0.4) is 0 Å². The number of piperidine rings is 1. The lowest BCUT2D eigenvalue weighted by atomic mass is 9.87. The van der Waals surface area contributed by atoms with Crippen LogP contribution >= 0.6 is 11.6 Å². The fraction of sp³-hybridized carbons (Fsp3) is 0.545. The molecular weight excluding hydrogens is 372 g/mol. The predicted molar refractivity (Wildman–Crippen MR) is 116 cm³/mol. The Bertz CT molecular complexity index is 842. The first-order chi connectivity index (χ1) is 13.6. The van der Waals surface area contributed by atoms with Crippen LogP contribution in [0.25, 0.3) is 10.9 Å². The largest absolute Gasteiger partial charge is 0.356 e. The maximum atomic E-state index is 12.6. The van der Waals surface area contributed by atoms with Crippen LogP contribution in [0.15, 0.2) is 24.3 Å². The van der Waals surface area contributed by atoms with Gasteiger partial charge in [-0.25, -0.2) is 4.98 Å². The molecule has 0 radical (unpaired) electrons. The molecule has 1 saturated carbocycles. The number of nitrogens with one attached hydrogen (secondary N) is 1. The van der Waals surface area contributed by atoms with Crippen LogP contribution in [0.2, 0.25) is 5.02 Å². The Balaban J connectivity index is 1.52. The van der Waals surface area contributed by atoms with Crippen molar-refractivity contribution in [1.82, 2.24) is 4.98 Å². The van der Waals surface area contributed by atoms with Crippen molar-refractivity contribution in [1.29, 1.82) is 0 Å². The number of fused-ring (bicyclic) bond motifs is 1. The third kappa shape index (κ3) is 4.41. The van der Waals surface area contributed by atoms with E-state index < -0.39 is 0 Å². The maximum Gasteiger partial charge on any atom is 0.224 e. The van der Waals surface area contributed by atoms with E-state index in [-0.39, 0.29) is 5.91 Å². The Kier molecular flexibility index (Phi) is 6.02. The van der Waals surface area contributed by atoms with Gasteiger partial charge in [0.2, 0.25) is 5.91 Å². The SMILES string of the molecule is NC1CCN(c2ccc3c(NC(=O)CC4CCCCC4)c(Cl)ccc3n2)CC1. The molecule has 0 unspecified atom stereocenters. The Morgan fingerprint density at radius 1 is 1.11 bits per heavy atom. The second kappa shape index (κ2) is 8.66. The van der Waals surface area contributed by atoms with Crippen LogP contribution in [-0.2, 0) is 4.79 Å². The zero-order chi connectivity index (χ0) is 19.5. The smallest absolute Gasteiger partial charge is 0.224 e. The van der Waals surface area contributed by atoms with E-state index in [1.807, 2.05) is 24.3 Å². The van der Waals surface area contributed by atoms with Crippen LogP contribution < -0.4 is 16.0 Å². The number of halogens is 1. The van der Waals surface area contributed by atoms with Crippen molar-refractivity contribution in [3.63, 3.8) is 0 Å². The molecule has 0 atom stereocenters. The van der Waals surface area contributed by atoms with Gasteiger partial charge in [0.1, 0.15) is 5.82 Å². The Morgan fingerprint density at radius 2 is 1.86 bits per heavy atom. The molecule has 2 fully saturated rings. The summed E-state index contributed by atoms with van der Waals surface area (Å²) < 4.78 is 0. The second-order valence-electron chi connectivity index (χ2n) is 8.24. The topological polar surface area (TPSA) is 71.2 Å². The summed E-state index contributed by atoms with van der Waals surface area (Å²) in [5.74, 6) is 1.51. The quantitative estimate of drug-likeness (QED) is 0.778. The van der Waals surface area contributed by atoms with Gasteiger partial charge in [-0.15, -0.1) is 0 Å². The highest BCUT2D eigenvalue weighted by atomic mass is 35.5. The average Bonchev–Trinajstić information content (AvgIpc) is 2.71. The molecule has 6 heteroatoms. The van der Waals surface area contributed by atoms with Crippen molar-refractivity contribution in [3.8, 4) is 0 Å². The number of anilines is 2. The predicted octanol–water partition coefficient (Wildman–Crippen LogP) is 4.72. The van der Waals surface area contributed by atoms with Gasteiger partial charge >= 0.3 is 0 Å². The van der Waals surface area contributed by atoms with E-state index in [9.17, 15) is 4.79 Å². The number of amides is 1. The highest BCUT2D eigenvalue weighted by Crippen LogP contribution is 2.33. The molecular formula is C22H29ClN4O. The Hall–Kier alpha value is -1.85. The van der Waals surface area contributed by atoms with E-state index in [2.05, 4.69) is 10.2 Å². The van der Waals surface area contributed by atoms with Crippen LogP contribution in [-0.4, -0.2) is 30.0 Å². The number of benzene rings is 1. The molecule has 2 heterocycles. The standard InChI is InChI=1S/C22H29ClN4O/c23-18-7-8-19-17(6-9-20(25-19)27-12-10-16(24)11-13-27)22(18)26-21(28)14-15-4-2-1-3-5-15/h6-9,15-16H,1-5,10-14,24H2,(H,26,28). The summed E-state index contributed by atoms with van der Waals surface area (Å²) in [6.45, 7) is 1.86. The van der Waals surface area contributed by atoms with Gasteiger partial charge in [-0.2, -0.15) is 0 Å². The maximum absolute atomic E-state index is 12.6. The van der Waals surface area contributed by atoms with Gasteiger partial charge in [0.25, 0.3) is 0 Å². The number of rotatable bonds is 4. The number of carbonyl (C=O) groups excluding carboxylic acids is 1. The van der Waals surface area contributed by atoms with Gasteiger partial charge in [-0.1, -0.05) is 30.9 Å². The molecule has 1 aliphatic carbocycles. The van der Waals surface area contributed by atoms with E-state index in [0.29, 0.717) is 29.1 Å². The molecule has 1 saturated heterocycles. The summed E-state index contributed by atoms with van der Waals surface area (Å²) in [5.41, 5.74) is 7.55. The lowest BCUT2D eigenvalue weighted by Crippen LogP contribution is -2.40. The number of nitrogens with two attached hydrogens (primary N) is 1. The lowest BCUT2D eigenvalue weighted by Gasteiger charge is -2.31. The summed E-state index contributed by atoms with van der Waals surface area (Å²) >= 11 is 6.43. The Labute approximate surface area is 171 Å². The van der Waals surface area contributed by atoms with Crippen LogP contribution in [0.4, 0.5) is 11.5 Å². The van der Waals surface area contributed by atoms with E-state index in [0.717, 1.165) is 55.5 Å². The molecule has 0 spiro atoms. The zero-order valence-electron chi connectivity index (χ0n) is 16.3. The van der Waals surface area contributed by atoms with Gasteiger partial charge in [-0.3, -0.25) is 4.79 Å². The fourth-order valence-electron chi connectivity index (χ4n) is 4.44. The van der Waals surface area contributed by atoms with Gasteiger partial charge < -0.3 is 16.0 Å². The first kappa shape index (κ1) is 19.5. The van der Waals surface area contributed by atoms with Gasteiger partial charge in [-0.05, 0) is 55.9 Å². The number of carbonyl (C=O) groups is 1. The molecule has 2 aliphatic rings. The van der Waals surface area contributed by atoms with Gasteiger partial charge in [0, 0.05) is 30.9 Å². The fourth-order valence-corrected chi connectivity index (χ4v) is 4.65. The first-order valence-corrected chi connectivity index (χ1v) is 10.9. The zero-order valence-corrected chi connectivity index (χ0v) is 17.0. The average molecular weight is 401 g/mol. The third-order valence-corrected chi connectivity index (χ3v) is 6.45. The summed E-state index contributed by atoms with van der Waals surface area (Å²) in [6, 6.07) is 8.08. The lowest BCUT2D eigenvalue weighted by molar-refractivity contribution is -0.117. The van der Waals surface area contributed by atoms with Crippen molar-refractivity contribution < 1.29 is 4.79 Å². The third-order valence-electron chi connectivity index (χ3n) is 6.13. The summed E-state index contributed by atoms with van der Waals surface area (Å²) in [4.78, 5) is 19.7. The van der Waals surface area contributed by atoms with Crippen LogP contribution in [0.5, 0.6) is 0 Å². The molecule has 3 N–H and O–H groups in total. The molecule has 5 nitrogen and oxygen atoms in total.